The average molecular weight is 470 g/mol. The summed E-state index contributed by atoms with van der Waals surface area (Å²) >= 11 is 0. The van der Waals surface area contributed by atoms with Crippen LogP contribution in [0.15, 0.2) is 12.2 Å². The zero-order chi connectivity index (χ0) is 24.8. The number of hydrogen-bond acceptors (Lipinski definition) is 4. The average Bonchev–Trinajstić information content (AvgIpc) is 2.71. The van der Waals surface area contributed by atoms with Gasteiger partial charge in [0.15, 0.2) is 13.1 Å². The molecule has 0 spiro atoms. The molecule has 0 unspecified atom stereocenters. The quantitative estimate of drug-likeness (QED) is 0.122. The van der Waals surface area contributed by atoms with Gasteiger partial charge in [0.05, 0.1) is 12.5 Å². The molecule has 0 aromatic carbocycles. The Kier molecular flexibility index (Phi) is 19.5. The molecule has 0 aliphatic carbocycles. The summed E-state index contributed by atoms with van der Waals surface area (Å²) in [6, 6.07) is 0. The molecule has 0 atom stereocenters. The summed E-state index contributed by atoms with van der Waals surface area (Å²) in [5.41, 5.74) is 0. The molecule has 7 heteroatoms. The third-order valence-electron chi connectivity index (χ3n) is 6.05. The summed E-state index contributed by atoms with van der Waals surface area (Å²) in [7, 11) is 0. The summed E-state index contributed by atoms with van der Waals surface area (Å²) in [6.45, 7) is 0.833. The zero-order valence-corrected chi connectivity index (χ0v) is 20.8. The van der Waals surface area contributed by atoms with E-state index in [0.717, 1.165) is 25.7 Å². The first-order valence-corrected chi connectivity index (χ1v) is 12.9. The van der Waals surface area contributed by atoms with Crippen molar-refractivity contribution in [1.29, 1.82) is 0 Å². The van der Waals surface area contributed by atoms with E-state index >= 15 is 0 Å². The second kappa shape index (κ2) is 20.7. The van der Waals surface area contributed by atoms with Crippen molar-refractivity contribution in [3.05, 3.63) is 12.2 Å². The summed E-state index contributed by atoms with van der Waals surface area (Å²) in [5, 5.41) is 29.3. The minimum atomic E-state index is -1.42. The van der Waals surface area contributed by atoms with Gasteiger partial charge < -0.3 is 24.6 Å². The highest BCUT2D eigenvalue weighted by atomic mass is 16.4. The smallest absolute Gasteiger partial charge is 0.359 e. The Bertz CT molecular complexity index is 520. The third kappa shape index (κ3) is 20.4. The zero-order valence-electron chi connectivity index (χ0n) is 20.8. The van der Waals surface area contributed by atoms with Crippen LogP contribution in [0, 0.1) is 0 Å². The molecule has 0 bridgehead atoms. The number of quaternary nitrogens is 1. The van der Waals surface area contributed by atoms with Crippen molar-refractivity contribution in [3.63, 3.8) is 0 Å². The van der Waals surface area contributed by atoms with Crippen LogP contribution in [0.4, 0.5) is 0 Å². The van der Waals surface area contributed by atoms with Crippen molar-refractivity contribution in [2.45, 2.75) is 110 Å². The minimum Gasteiger partial charge on any atom is -0.544 e. The molecule has 0 amide bonds. The second-order valence-electron chi connectivity index (χ2n) is 9.34. The minimum absolute atomic E-state index is 0.221. The van der Waals surface area contributed by atoms with E-state index in [1.165, 1.54) is 70.6 Å². The molecular formula is C26H47NO6. The van der Waals surface area contributed by atoms with Gasteiger partial charge in [-0.2, -0.15) is 0 Å². The van der Waals surface area contributed by atoms with Crippen LogP contribution in [-0.4, -0.2) is 58.8 Å². The number of unbranched alkanes of at least 4 members (excludes halogenated alkanes) is 14. The predicted molar refractivity (Wildman–Crippen MR) is 129 cm³/mol. The number of nitrogens with zero attached hydrogens (tertiary/aromatic N) is 1. The van der Waals surface area contributed by atoms with Gasteiger partial charge in [-0.15, -0.1) is 0 Å². The van der Waals surface area contributed by atoms with E-state index in [9.17, 15) is 19.5 Å². The maximum Gasteiger partial charge on any atom is 0.359 e. The molecule has 0 rings (SSSR count). The molecule has 0 fully saturated rings. The monoisotopic (exact) mass is 469 g/mol. The highest BCUT2D eigenvalue weighted by Crippen LogP contribution is 2.14. The normalized spacial score (nSPS) is 11.8. The van der Waals surface area contributed by atoms with Crippen LogP contribution in [0.3, 0.4) is 0 Å². The number of hydrogen-bond donors (Lipinski definition) is 2. The predicted octanol–water partition coefficient (Wildman–Crippen LogP) is 4.54. The first kappa shape index (κ1) is 31.1. The van der Waals surface area contributed by atoms with E-state index in [1.54, 1.807) is 0 Å². The fourth-order valence-electron chi connectivity index (χ4n) is 4.30. The first-order valence-electron chi connectivity index (χ1n) is 12.9. The molecule has 0 aromatic rings. The van der Waals surface area contributed by atoms with Gasteiger partial charge in [-0.1, -0.05) is 83.3 Å². The van der Waals surface area contributed by atoms with Crippen LogP contribution in [0.1, 0.15) is 110 Å². The van der Waals surface area contributed by atoms with E-state index in [2.05, 4.69) is 19.1 Å². The molecule has 0 heterocycles. The molecule has 0 aliphatic heterocycles. The van der Waals surface area contributed by atoms with Crippen molar-refractivity contribution in [3.8, 4) is 0 Å². The van der Waals surface area contributed by atoms with Gasteiger partial charge in [0, 0.05) is 0 Å². The van der Waals surface area contributed by atoms with Crippen LogP contribution in [-0.2, 0) is 14.4 Å². The SMILES string of the molecule is CCCCCCC/C=C/CCCCCCCCCCC[N+](CC(=O)[O-])(CC(=O)O)CC(=O)O. The molecule has 192 valence electrons. The highest BCUT2D eigenvalue weighted by molar-refractivity contribution is 5.72. The van der Waals surface area contributed by atoms with Gasteiger partial charge in [-0.3, -0.25) is 0 Å². The number of carbonyl (C=O) groups is 3. The Morgan fingerprint density at radius 3 is 1.42 bits per heavy atom. The summed E-state index contributed by atoms with van der Waals surface area (Å²) in [6.07, 6.45) is 23.4. The van der Waals surface area contributed by atoms with Crippen LogP contribution in [0.25, 0.3) is 0 Å². The molecule has 7 nitrogen and oxygen atoms in total. The van der Waals surface area contributed by atoms with Gasteiger partial charge in [0.1, 0.15) is 6.54 Å². The lowest BCUT2D eigenvalue weighted by atomic mass is 10.1. The van der Waals surface area contributed by atoms with E-state index in [1.807, 2.05) is 0 Å². The van der Waals surface area contributed by atoms with Gasteiger partial charge in [-0.05, 0) is 38.5 Å². The van der Waals surface area contributed by atoms with Crippen molar-refractivity contribution < 1.29 is 34.2 Å². The maximum atomic E-state index is 11.1. The van der Waals surface area contributed by atoms with Crippen molar-refractivity contribution in [2.75, 3.05) is 26.2 Å². The molecule has 0 aromatic heterocycles. The fourth-order valence-corrected chi connectivity index (χ4v) is 4.30. The van der Waals surface area contributed by atoms with Crippen LogP contribution in [0.5, 0.6) is 0 Å². The third-order valence-corrected chi connectivity index (χ3v) is 6.05. The van der Waals surface area contributed by atoms with Crippen molar-refractivity contribution in [1.82, 2.24) is 0 Å². The Balaban J connectivity index is 3.80. The Labute approximate surface area is 200 Å². The number of carboxylic acid groups (broad SMARTS) is 3. The summed E-state index contributed by atoms with van der Waals surface area (Å²) < 4.78 is -0.500. The van der Waals surface area contributed by atoms with Gasteiger partial charge >= 0.3 is 11.9 Å². The number of allylic oxidation sites excluding steroid dienone is 2. The Hall–Kier alpha value is -1.89. The molecule has 33 heavy (non-hydrogen) atoms. The van der Waals surface area contributed by atoms with E-state index < -0.39 is 42.0 Å². The number of carbonyl (C=O) groups excluding carboxylic acids is 1. The summed E-state index contributed by atoms with van der Waals surface area (Å²) in [5.74, 6) is -3.82. The Morgan fingerprint density at radius 1 is 0.636 bits per heavy atom. The van der Waals surface area contributed by atoms with Crippen molar-refractivity contribution >= 4 is 17.9 Å². The molecule has 0 saturated heterocycles. The second-order valence-corrected chi connectivity index (χ2v) is 9.34. The maximum absolute atomic E-state index is 11.1. The molecule has 2 N–H and O–H groups in total. The van der Waals surface area contributed by atoms with Crippen molar-refractivity contribution in [2.24, 2.45) is 0 Å². The number of aliphatic carboxylic acids is 3. The van der Waals surface area contributed by atoms with Crippen LogP contribution < -0.4 is 5.11 Å². The molecule has 0 radical (unpaired) electrons. The molecule has 0 saturated carbocycles. The standard InChI is InChI=1S/C26H47NO6/c1-2-3-4-5-6-7-8-9-10-11-12-13-14-15-16-17-18-19-20-27(21-24(28)29,22-25(30)31)23-26(32)33/h8-9H,2-7,10-23H2,1H3,(H2-,28,29,30,31,32,33)/b9-8+. The van der Waals surface area contributed by atoms with Gasteiger partial charge in [0.2, 0.25) is 0 Å². The summed E-state index contributed by atoms with van der Waals surface area (Å²) in [4.78, 5) is 33.3. The van der Waals surface area contributed by atoms with Gasteiger partial charge in [0.25, 0.3) is 0 Å². The topological polar surface area (TPSA) is 115 Å². The van der Waals surface area contributed by atoms with Gasteiger partial charge in [-0.25, -0.2) is 9.59 Å². The lowest BCUT2D eigenvalue weighted by Gasteiger charge is -2.36. The lowest BCUT2D eigenvalue weighted by molar-refractivity contribution is -0.909. The lowest BCUT2D eigenvalue weighted by Crippen LogP contribution is -2.59. The molecular weight excluding hydrogens is 422 g/mol. The highest BCUT2D eigenvalue weighted by Gasteiger charge is 2.33. The number of carboxylic acids is 3. The molecule has 0 aliphatic rings. The van der Waals surface area contributed by atoms with E-state index in [4.69, 9.17) is 10.2 Å². The first-order chi connectivity index (χ1) is 15.8. The Morgan fingerprint density at radius 2 is 1.03 bits per heavy atom. The van der Waals surface area contributed by atoms with E-state index in [0.29, 0.717) is 6.42 Å². The van der Waals surface area contributed by atoms with E-state index in [-0.39, 0.29) is 6.54 Å². The van der Waals surface area contributed by atoms with Crippen LogP contribution >= 0.6 is 0 Å². The number of rotatable bonds is 24. The van der Waals surface area contributed by atoms with Crippen LogP contribution in [0.2, 0.25) is 0 Å². The fraction of sp³-hybridized carbons (Fsp3) is 0.808. The largest absolute Gasteiger partial charge is 0.544 e.